The maximum Gasteiger partial charge on any atom is 0.141 e. The summed E-state index contributed by atoms with van der Waals surface area (Å²) in [6.07, 6.45) is 0. The van der Waals surface area contributed by atoms with E-state index in [1.165, 1.54) is 0 Å². The van der Waals surface area contributed by atoms with E-state index < -0.39 is 0 Å². The van der Waals surface area contributed by atoms with Crippen molar-refractivity contribution >= 4 is 44.6 Å². The van der Waals surface area contributed by atoms with Crippen LogP contribution < -0.4 is 15.8 Å². The molecule has 1 heterocycles. The first-order valence-corrected chi connectivity index (χ1v) is 7.50. The average Bonchev–Trinajstić information content (AvgIpc) is 2.36. The summed E-state index contributed by atoms with van der Waals surface area (Å²) < 4.78 is 6.17. The normalized spacial score (nSPS) is 10.3. The van der Waals surface area contributed by atoms with E-state index in [9.17, 15) is 0 Å². The number of nitrogens with two attached hydrogens (primary N) is 1. The van der Waals surface area contributed by atoms with E-state index >= 15 is 0 Å². The molecule has 4 nitrogen and oxygen atoms in total. The number of methoxy groups -OCH3 is 1. The van der Waals surface area contributed by atoms with Crippen LogP contribution in [0, 0.1) is 13.8 Å². The fourth-order valence-corrected chi connectivity index (χ4v) is 2.86. The van der Waals surface area contributed by atoms with Crippen LogP contribution in [0.1, 0.15) is 16.8 Å². The standard InChI is InChI=1S/C15H16BrN3OS/c1-8-4-9(2)18-15(13(8)14(17)21)19-11-5-10(16)6-12(7-11)20-3/h4-7H,1-3H3,(H2,17,21)(H,18,19). The fraction of sp³-hybridized carbons (Fsp3) is 0.200. The highest BCUT2D eigenvalue weighted by atomic mass is 79.9. The summed E-state index contributed by atoms with van der Waals surface area (Å²) in [5.41, 5.74) is 9.32. The zero-order valence-corrected chi connectivity index (χ0v) is 14.4. The smallest absolute Gasteiger partial charge is 0.141 e. The molecule has 0 radical (unpaired) electrons. The lowest BCUT2D eigenvalue weighted by Crippen LogP contribution is -2.15. The molecule has 0 bridgehead atoms. The third-order valence-electron chi connectivity index (χ3n) is 2.96. The van der Waals surface area contributed by atoms with Gasteiger partial charge in [-0.25, -0.2) is 4.98 Å². The number of anilines is 2. The Morgan fingerprint density at radius 3 is 2.62 bits per heavy atom. The van der Waals surface area contributed by atoms with Gasteiger partial charge < -0.3 is 15.8 Å². The van der Waals surface area contributed by atoms with Crippen molar-refractivity contribution in [1.29, 1.82) is 0 Å². The van der Waals surface area contributed by atoms with Gasteiger partial charge in [-0.1, -0.05) is 28.1 Å². The lowest BCUT2D eigenvalue weighted by atomic mass is 10.1. The van der Waals surface area contributed by atoms with Gasteiger partial charge >= 0.3 is 0 Å². The second-order valence-electron chi connectivity index (χ2n) is 4.67. The van der Waals surface area contributed by atoms with E-state index in [-0.39, 0.29) is 0 Å². The summed E-state index contributed by atoms with van der Waals surface area (Å²) in [7, 11) is 1.63. The number of ether oxygens (including phenoxy) is 1. The lowest BCUT2D eigenvalue weighted by molar-refractivity contribution is 0.415. The maximum atomic E-state index is 5.82. The van der Waals surface area contributed by atoms with Gasteiger partial charge in [-0.05, 0) is 37.6 Å². The Kier molecular flexibility index (Phi) is 4.80. The van der Waals surface area contributed by atoms with E-state index in [4.69, 9.17) is 22.7 Å². The van der Waals surface area contributed by atoms with Crippen molar-refractivity contribution in [3.05, 3.63) is 45.6 Å². The quantitative estimate of drug-likeness (QED) is 0.805. The van der Waals surface area contributed by atoms with E-state index in [1.54, 1.807) is 7.11 Å². The summed E-state index contributed by atoms with van der Waals surface area (Å²) >= 11 is 8.59. The van der Waals surface area contributed by atoms with Gasteiger partial charge in [0.2, 0.25) is 0 Å². The van der Waals surface area contributed by atoms with E-state index in [2.05, 4.69) is 26.2 Å². The summed E-state index contributed by atoms with van der Waals surface area (Å²) in [6, 6.07) is 7.66. The Balaban J connectivity index is 2.48. The molecular formula is C15H16BrN3OS. The van der Waals surface area contributed by atoms with Crippen LogP contribution in [0.3, 0.4) is 0 Å². The first-order chi connectivity index (χ1) is 9.90. The van der Waals surface area contributed by atoms with Crippen LogP contribution in [-0.4, -0.2) is 17.1 Å². The van der Waals surface area contributed by atoms with Gasteiger partial charge in [0, 0.05) is 21.9 Å². The lowest BCUT2D eigenvalue weighted by Gasteiger charge is -2.14. The minimum absolute atomic E-state index is 0.324. The number of nitrogens with zero attached hydrogens (tertiary/aromatic N) is 1. The zero-order valence-electron chi connectivity index (χ0n) is 12.0. The summed E-state index contributed by atoms with van der Waals surface area (Å²) in [4.78, 5) is 4.82. The van der Waals surface area contributed by atoms with Crippen molar-refractivity contribution in [2.45, 2.75) is 13.8 Å². The summed E-state index contributed by atoms with van der Waals surface area (Å²) in [5, 5.41) is 3.26. The second-order valence-corrected chi connectivity index (χ2v) is 6.03. The molecule has 3 N–H and O–H groups in total. The topological polar surface area (TPSA) is 60.2 Å². The van der Waals surface area contributed by atoms with Crippen LogP contribution >= 0.6 is 28.1 Å². The average molecular weight is 366 g/mol. The molecule has 0 amide bonds. The molecule has 2 aromatic rings. The third kappa shape index (κ3) is 3.71. The molecule has 1 aromatic carbocycles. The Labute approximate surface area is 137 Å². The van der Waals surface area contributed by atoms with Gasteiger partial charge in [0.1, 0.15) is 16.6 Å². The molecule has 6 heteroatoms. The van der Waals surface area contributed by atoms with Crippen LogP contribution in [0.2, 0.25) is 0 Å². The maximum absolute atomic E-state index is 5.82. The predicted molar refractivity (Wildman–Crippen MR) is 93.6 cm³/mol. The zero-order chi connectivity index (χ0) is 15.6. The molecule has 110 valence electrons. The van der Waals surface area contributed by atoms with Gasteiger partial charge in [0.05, 0.1) is 12.7 Å². The molecule has 0 spiro atoms. The third-order valence-corrected chi connectivity index (χ3v) is 3.62. The highest BCUT2D eigenvalue weighted by Gasteiger charge is 2.12. The van der Waals surface area contributed by atoms with Crippen LogP contribution in [0.5, 0.6) is 5.75 Å². The van der Waals surface area contributed by atoms with Gasteiger partial charge in [0.15, 0.2) is 0 Å². The molecule has 2 rings (SSSR count). The Hall–Kier alpha value is -1.66. The number of nitrogens with one attached hydrogen (secondary N) is 1. The molecule has 0 saturated heterocycles. The molecule has 0 fully saturated rings. The van der Waals surface area contributed by atoms with E-state index in [0.717, 1.165) is 32.7 Å². The van der Waals surface area contributed by atoms with Gasteiger partial charge in [0.25, 0.3) is 0 Å². The minimum Gasteiger partial charge on any atom is -0.497 e. The Bertz CT molecular complexity index is 704. The SMILES string of the molecule is COc1cc(Br)cc(Nc2nc(C)cc(C)c2C(N)=S)c1. The number of aryl methyl sites for hydroxylation is 2. The van der Waals surface area contributed by atoms with E-state index in [0.29, 0.717) is 10.8 Å². The molecule has 0 unspecified atom stereocenters. The fourth-order valence-electron chi connectivity index (χ4n) is 2.13. The van der Waals surface area contributed by atoms with Gasteiger partial charge in [-0.3, -0.25) is 0 Å². The van der Waals surface area contributed by atoms with Gasteiger partial charge in [-0.15, -0.1) is 0 Å². The van der Waals surface area contributed by atoms with Crippen molar-refractivity contribution in [1.82, 2.24) is 4.98 Å². The highest BCUT2D eigenvalue weighted by Crippen LogP contribution is 2.28. The number of halogens is 1. The number of hydrogen-bond acceptors (Lipinski definition) is 4. The van der Waals surface area contributed by atoms with Crippen molar-refractivity contribution < 1.29 is 4.74 Å². The number of thiocarbonyl (C=S) groups is 1. The Morgan fingerprint density at radius 1 is 1.29 bits per heavy atom. The largest absolute Gasteiger partial charge is 0.497 e. The number of hydrogen-bond donors (Lipinski definition) is 2. The number of pyridine rings is 1. The van der Waals surface area contributed by atoms with Crippen molar-refractivity contribution in [3.8, 4) is 5.75 Å². The molecular weight excluding hydrogens is 350 g/mol. The predicted octanol–water partition coefficient (Wildman–Crippen LogP) is 3.85. The van der Waals surface area contributed by atoms with Crippen molar-refractivity contribution in [2.24, 2.45) is 5.73 Å². The first-order valence-electron chi connectivity index (χ1n) is 6.30. The minimum atomic E-state index is 0.324. The van der Waals surface area contributed by atoms with Crippen LogP contribution in [0.4, 0.5) is 11.5 Å². The van der Waals surface area contributed by atoms with Crippen LogP contribution in [0.25, 0.3) is 0 Å². The van der Waals surface area contributed by atoms with Crippen molar-refractivity contribution in [2.75, 3.05) is 12.4 Å². The molecule has 1 aromatic heterocycles. The monoisotopic (exact) mass is 365 g/mol. The number of rotatable bonds is 4. The molecule has 0 saturated carbocycles. The summed E-state index contributed by atoms with van der Waals surface area (Å²) in [6.45, 7) is 3.90. The number of aromatic nitrogens is 1. The van der Waals surface area contributed by atoms with Crippen LogP contribution in [0.15, 0.2) is 28.7 Å². The van der Waals surface area contributed by atoms with E-state index in [1.807, 2.05) is 38.1 Å². The molecule has 0 aliphatic rings. The molecule has 0 atom stereocenters. The Morgan fingerprint density at radius 2 is 2.00 bits per heavy atom. The molecule has 21 heavy (non-hydrogen) atoms. The molecule has 0 aliphatic heterocycles. The van der Waals surface area contributed by atoms with Gasteiger partial charge in [-0.2, -0.15) is 0 Å². The van der Waals surface area contributed by atoms with Crippen LogP contribution in [-0.2, 0) is 0 Å². The first kappa shape index (κ1) is 15.7. The summed E-state index contributed by atoms with van der Waals surface area (Å²) in [5.74, 6) is 1.40. The van der Waals surface area contributed by atoms with Crippen molar-refractivity contribution in [3.63, 3.8) is 0 Å². The highest BCUT2D eigenvalue weighted by molar-refractivity contribution is 9.10. The second kappa shape index (κ2) is 6.41. The number of benzene rings is 1. The molecule has 0 aliphatic carbocycles.